The molecule has 1 saturated carbocycles. The Kier molecular flexibility index (Phi) is 7.83. The van der Waals surface area contributed by atoms with E-state index in [0.29, 0.717) is 43.6 Å². The number of nitrogens with zero attached hydrogens (tertiary/aromatic N) is 1. The molecule has 7 nitrogen and oxygen atoms in total. The molecule has 2 atom stereocenters. The van der Waals surface area contributed by atoms with Gasteiger partial charge in [-0.1, -0.05) is 18.6 Å². The Balaban J connectivity index is 0.00000280. The lowest BCUT2D eigenvalue weighted by Crippen LogP contribution is -2.42. The number of primary amides is 1. The first-order valence-electron chi connectivity index (χ1n) is 9.68. The van der Waals surface area contributed by atoms with E-state index in [2.05, 4.69) is 5.32 Å². The SMILES string of the molecule is Cl.NC(=O)C1CCN(C(=O)c2ccccc2NC(=O)C[C@@H]2CCC[C@H]2N)CC1. The van der Waals surface area contributed by atoms with E-state index in [4.69, 9.17) is 11.5 Å². The molecule has 1 aromatic rings. The van der Waals surface area contributed by atoms with Crippen LogP contribution >= 0.6 is 12.4 Å². The third-order valence-corrected chi connectivity index (χ3v) is 5.78. The minimum absolute atomic E-state index is 0. The van der Waals surface area contributed by atoms with Crippen molar-refractivity contribution in [1.29, 1.82) is 0 Å². The van der Waals surface area contributed by atoms with Crippen LogP contribution in [0.4, 0.5) is 5.69 Å². The zero-order valence-corrected chi connectivity index (χ0v) is 16.7. The molecule has 3 rings (SSSR count). The Morgan fingerprint density at radius 1 is 1.07 bits per heavy atom. The molecule has 3 amide bonds. The number of halogens is 1. The average Bonchev–Trinajstić information content (AvgIpc) is 3.06. The van der Waals surface area contributed by atoms with Crippen molar-refractivity contribution >= 4 is 35.8 Å². The Morgan fingerprint density at radius 3 is 2.36 bits per heavy atom. The first kappa shape index (κ1) is 22.2. The first-order chi connectivity index (χ1) is 13.0. The molecular weight excluding hydrogens is 380 g/mol. The summed E-state index contributed by atoms with van der Waals surface area (Å²) in [5, 5.41) is 2.89. The fraction of sp³-hybridized carbons (Fsp3) is 0.550. The van der Waals surface area contributed by atoms with Crippen LogP contribution in [0.3, 0.4) is 0 Å². The van der Waals surface area contributed by atoms with Gasteiger partial charge in [-0.15, -0.1) is 12.4 Å². The number of carbonyl (C=O) groups excluding carboxylic acids is 3. The highest BCUT2D eigenvalue weighted by molar-refractivity contribution is 6.03. The normalized spacial score (nSPS) is 22.4. The lowest BCUT2D eigenvalue weighted by molar-refractivity contribution is -0.123. The molecule has 0 spiro atoms. The third-order valence-electron chi connectivity index (χ3n) is 5.78. The first-order valence-corrected chi connectivity index (χ1v) is 9.68. The van der Waals surface area contributed by atoms with Crippen molar-refractivity contribution in [2.75, 3.05) is 18.4 Å². The smallest absolute Gasteiger partial charge is 0.255 e. The molecule has 28 heavy (non-hydrogen) atoms. The van der Waals surface area contributed by atoms with Gasteiger partial charge in [0, 0.05) is 31.5 Å². The Hall–Kier alpha value is -2.12. The minimum Gasteiger partial charge on any atom is -0.369 e. The van der Waals surface area contributed by atoms with Gasteiger partial charge in [0.2, 0.25) is 11.8 Å². The van der Waals surface area contributed by atoms with Crippen molar-refractivity contribution in [2.24, 2.45) is 23.3 Å². The van der Waals surface area contributed by atoms with Gasteiger partial charge in [0.25, 0.3) is 5.91 Å². The number of amides is 3. The van der Waals surface area contributed by atoms with Crippen LogP contribution in [-0.2, 0) is 9.59 Å². The van der Waals surface area contributed by atoms with Crippen LogP contribution in [0.2, 0.25) is 0 Å². The van der Waals surface area contributed by atoms with Crippen molar-refractivity contribution in [3.63, 3.8) is 0 Å². The van der Waals surface area contributed by atoms with E-state index >= 15 is 0 Å². The fourth-order valence-electron chi connectivity index (χ4n) is 4.07. The van der Waals surface area contributed by atoms with Crippen molar-refractivity contribution < 1.29 is 14.4 Å². The van der Waals surface area contributed by atoms with E-state index in [-0.39, 0.29) is 48.0 Å². The highest BCUT2D eigenvalue weighted by Gasteiger charge is 2.29. The Morgan fingerprint density at radius 2 is 1.75 bits per heavy atom. The molecule has 1 heterocycles. The summed E-state index contributed by atoms with van der Waals surface area (Å²) in [6.45, 7) is 0.983. The molecule has 8 heteroatoms. The maximum atomic E-state index is 12.9. The molecule has 0 aromatic heterocycles. The quantitative estimate of drug-likeness (QED) is 0.689. The number of piperidine rings is 1. The maximum absolute atomic E-state index is 12.9. The molecule has 1 aliphatic carbocycles. The van der Waals surface area contributed by atoms with Gasteiger partial charge in [-0.2, -0.15) is 0 Å². The van der Waals surface area contributed by atoms with Gasteiger partial charge in [0.05, 0.1) is 11.3 Å². The number of benzene rings is 1. The predicted molar refractivity (Wildman–Crippen MR) is 110 cm³/mol. The minimum atomic E-state index is -0.306. The molecule has 154 valence electrons. The number of para-hydroxylation sites is 1. The van der Waals surface area contributed by atoms with Crippen LogP contribution in [0.5, 0.6) is 0 Å². The highest BCUT2D eigenvalue weighted by atomic mass is 35.5. The van der Waals surface area contributed by atoms with Gasteiger partial charge in [0.1, 0.15) is 0 Å². The van der Waals surface area contributed by atoms with Gasteiger partial charge < -0.3 is 21.7 Å². The van der Waals surface area contributed by atoms with Crippen molar-refractivity contribution in [2.45, 2.75) is 44.6 Å². The lowest BCUT2D eigenvalue weighted by atomic mass is 9.95. The number of hydrogen-bond donors (Lipinski definition) is 3. The van der Waals surface area contributed by atoms with E-state index in [1.165, 1.54) is 0 Å². The van der Waals surface area contributed by atoms with Crippen LogP contribution in [0, 0.1) is 11.8 Å². The topological polar surface area (TPSA) is 119 Å². The second-order valence-electron chi connectivity index (χ2n) is 7.62. The summed E-state index contributed by atoms with van der Waals surface area (Å²) in [6.07, 6.45) is 4.55. The molecule has 1 aliphatic heterocycles. The van der Waals surface area contributed by atoms with E-state index in [0.717, 1.165) is 19.3 Å². The van der Waals surface area contributed by atoms with Crippen molar-refractivity contribution in [1.82, 2.24) is 4.90 Å². The van der Waals surface area contributed by atoms with Crippen LogP contribution in [0.1, 0.15) is 48.9 Å². The molecule has 0 radical (unpaired) electrons. The van der Waals surface area contributed by atoms with Gasteiger partial charge in [0.15, 0.2) is 0 Å². The number of rotatable bonds is 5. The molecule has 1 aromatic carbocycles. The number of anilines is 1. The molecule has 5 N–H and O–H groups in total. The predicted octanol–water partition coefficient (Wildman–Crippen LogP) is 1.90. The molecule has 0 bridgehead atoms. The number of hydrogen-bond acceptors (Lipinski definition) is 4. The second kappa shape index (κ2) is 9.89. The van der Waals surface area contributed by atoms with Gasteiger partial charge >= 0.3 is 0 Å². The van der Waals surface area contributed by atoms with Gasteiger partial charge in [-0.25, -0.2) is 0 Å². The van der Waals surface area contributed by atoms with E-state index in [1.807, 2.05) is 0 Å². The summed E-state index contributed by atoms with van der Waals surface area (Å²) < 4.78 is 0. The Labute approximate surface area is 171 Å². The third kappa shape index (κ3) is 5.23. The number of carbonyl (C=O) groups is 3. The standard InChI is InChI=1S/C20H28N4O3.ClH/c21-16-6-3-4-14(16)12-18(25)23-17-7-2-1-5-15(17)20(27)24-10-8-13(9-11-24)19(22)26;/h1-2,5,7,13-14,16H,3-4,6,8-12,21H2,(H2,22,26)(H,23,25);1H/t14-,16+;/m0./s1. The number of likely N-dealkylation sites (tertiary alicyclic amines) is 1. The monoisotopic (exact) mass is 408 g/mol. The van der Waals surface area contributed by atoms with Crippen LogP contribution in [-0.4, -0.2) is 41.8 Å². The van der Waals surface area contributed by atoms with E-state index in [1.54, 1.807) is 29.2 Å². The lowest BCUT2D eigenvalue weighted by Gasteiger charge is -2.31. The number of nitrogens with one attached hydrogen (secondary N) is 1. The summed E-state index contributed by atoms with van der Waals surface area (Å²) >= 11 is 0. The van der Waals surface area contributed by atoms with Crippen LogP contribution < -0.4 is 16.8 Å². The molecule has 0 unspecified atom stereocenters. The largest absolute Gasteiger partial charge is 0.369 e. The average molecular weight is 409 g/mol. The van der Waals surface area contributed by atoms with Crippen molar-refractivity contribution in [3.05, 3.63) is 29.8 Å². The number of nitrogens with two attached hydrogens (primary N) is 2. The summed E-state index contributed by atoms with van der Waals surface area (Å²) in [6, 6.07) is 7.13. The summed E-state index contributed by atoms with van der Waals surface area (Å²) in [7, 11) is 0. The van der Waals surface area contributed by atoms with Crippen molar-refractivity contribution in [3.8, 4) is 0 Å². The second-order valence-corrected chi connectivity index (χ2v) is 7.62. The summed E-state index contributed by atoms with van der Waals surface area (Å²) in [5.74, 6) is -0.503. The van der Waals surface area contributed by atoms with E-state index in [9.17, 15) is 14.4 Å². The molecule has 2 aliphatic rings. The van der Waals surface area contributed by atoms with E-state index < -0.39 is 0 Å². The highest BCUT2D eigenvalue weighted by Crippen LogP contribution is 2.28. The molecule has 2 fully saturated rings. The molecular formula is C20H29ClN4O3. The zero-order valence-electron chi connectivity index (χ0n) is 15.9. The fourth-order valence-corrected chi connectivity index (χ4v) is 4.07. The molecule has 1 saturated heterocycles. The van der Waals surface area contributed by atoms with Crippen LogP contribution in [0.15, 0.2) is 24.3 Å². The summed E-state index contributed by atoms with van der Waals surface area (Å²) in [4.78, 5) is 38.4. The summed E-state index contributed by atoms with van der Waals surface area (Å²) in [5.41, 5.74) is 12.4. The van der Waals surface area contributed by atoms with Crippen LogP contribution in [0.25, 0.3) is 0 Å². The van der Waals surface area contributed by atoms with Gasteiger partial charge in [-0.3, -0.25) is 14.4 Å². The maximum Gasteiger partial charge on any atom is 0.255 e. The zero-order chi connectivity index (χ0) is 19.4. The Bertz CT molecular complexity index is 719. The van der Waals surface area contributed by atoms with Gasteiger partial charge in [-0.05, 0) is 43.7 Å².